The van der Waals surface area contributed by atoms with Crippen LogP contribution in [0.2, 0.25) is 0 Å². The summed E-state index contributed by atoms with van der Waals surface area (Å²) >= 11 is 0. The Kier molecular flexibility index (Phi) is 3.56. The smallest absolute Gasteiger partial charge is 0.264 e. The first-order valence-electron chi connectivity index (χ1n) is 8.27. The molecule has 0 bridgehead atoms. The van der Waals surface area contributed by atoms with E-state index in [1.54, 1.807) is 6.20 Å². The number of carbonyl (C=O) groups excluding carboxylic acids is 1. The first-order chi connectivity index (χ1) is 11.2. The summed E-state index contributed by atoms with van der Waals surface area (Å²) in [6.45, 7) is 3.63. The molecule has 1 aromatic carbocycles. The van der Waals surface area contributed by atoms with E-state index >= 15 is 0 Å². The van der Waals surface area contributed by atoms with Crippen LogP contribution in [0.25, 0.3) is 0 Å². The van der Waals surface area contributed by atoms with Crippen LogP contribution in [0.4, 0.5) is 0 Å². The number of benzene rings is 1. The van der Waals surface area contributed by atoms with E-state index in [1.165, 1.54) is 0 Å². The Balaban J connectivity index is 1.49. The minimum Gasteiger partial charge on any atom is -0.480 e. The van der Waals surface area contributed by atoms with Crippen molar-refractivity contribution in [3.8, 4) is 5.75 Å². The predicted octanol–water partition coefficient (Wildman–Crippen LogP) is 2.68. The summed E-state index contributed by atoms with van der Waals surface area (Å²) in [6, 6.07) is 9.96. The second-order valence-corrected chi connectivity index (χ2v) is 6.50. The second-order valence-electron chi connectivity index (χ2n) is 6.50. The highest BCUT2D eigenvalue weighted by Gasteiger charge is 2.39. The zero-order valence-corrected chi connectivity index (χ0v) is 13.2. The SMILES string of the molecule is C[C@@H]1c2ccccc2O[C@@H]1C(=O)N1CCC[C@@H](c2ccn[nH]2)C1. The molecule has 0 spiro atoms. The van der Waals surface area contributed by atoms with Crippen LogP contribution in [0, 0.1) is 0 Å². The van der Waals surface area contributed by atoms with Crippen LogP contribution in [-0.2, 0) is 4.79 Å². The van der Waals surface area contributed by atoms with Gasteiger partial charge in [-0.3, -0.25) is 9.89 Å². The lowest BCUT2D eigenvalue weighted by atomic mass is 9.92. The van der Waals surface area contributed by atoms with Crippen molar-refractivity contribution in [3.05, 3.63) is 47.8 Å². The molecule has 3 atom stereocenters. The fourth-order valence-electron chi connectivity index (χ4n) is 3.74. The lowest BCUT2D eigenvalue weighted by Crippen LogP contribution is -2.46. The van der Waals surface area contributed by atoms with Crippen molar-refractivity contribution in [3.63, 3.8) is 0 Å². The molecule has 5 heteroatoms. The highest BCUT2D eigenvalue weighted by atomic mass is 16.5. The average molecular weight is 311 g/mol. The van der Waals surface area contributed by atoms with Gasteiger partial charge >= 0.3 is 0 Å². The summed E-state index contributed by atoms with van der Waals surface area (Å²) in [5, 5.41) is 7.07. The molecule has 0 unspecified atom stereocenters. The first-order valence-corrected chi connectivity index (χ1v) is 8.27. The van der Waals surface area contributed by atoms with E-state index in [1.807, 2.05) is 29.2 Å². The van der Waals surface area contributed by atoms with Gasteiger partial charge in [0.15, 0.2) is 6.10 Å². The molecule has 23 heavy (non-hydrogen) atoms. The summed E-state index contributed by atoms with van der Waals surface area (Å²) in [5.74, 6) is 1.40. The Morgan fingerprint density at radius 2 is 2.22 bits per heavy atom. The molecular formula is C18H21N3O2. The number of hydrogen-bond acceptors (Lipinski definition) is 3. The number of piperidine rings is 1. The molecule has 0 aliphatic carbocycles. The van der Waals surface area contributed by atoms with E-state index in [-0.39, 0.29) is 11.8 Å². The van der Waals surface area contributed by atoms with Gasteiger partial charge in [-0.1, -0.05) is 25.1 Å². The van der Waals surface area contributed by atoms with Crippen molar-refractivity contribution >= 4 is 5.91 Å². The Bertz CT molecular complexity index is 698. The number of H-pyrrole nitrogens is 1. The van der Waals surface area contributed by atoms with Crippen LogP contribution in [0.5, 0.6) is 5.75 Å². The number of likely N-dealkylation sites (tertiary alicyclic amines) is 1. The Morgan fingerprint density at radius 3 is 3.00 bits per heavy atom. The molecule has 2 aliphatic heterocycles. The third-order valence-electron chi connectivity index (χ3n) is 5.06. The van der Waals surface area contributed by atoms with Crippen molar-refractivity contribution in [2.24, 2.45) is 0 Å². The van der Waals surface area contributed by atoms with Crippen molar-refractivity contribution in [1.29, 1.82) is 0 Å². The van der Waals surface area contributed by atoms with Crippen LogP contribution in [0.3, 0.4) is 0 Å². The molecule has 1 saturated heterocycles. The van der Waals surface area contributed by atoms with Crippen LogP contribution >= 0.6 is 0 Å². The number of nitrogens with zero attached hydrogens (tertiary/aromatic N) is 2. The van der Waals surface area contributed by atoms with E-state index in [2.05, 4.69) is 23.2 Å². The quantitative estimate of drug-likeness (QED) is 0.927. The topological polar surface area (TPSA) is 58.2 Å². The molecule has 1 amide bonds. The lowest BCUT2D eigenvalue weighted by Gasteiger charge is -2.34. The fourth-order valence-corrected chi connectivity index (χ4v) is 3.74. The largest absolute Gasteiger partial charge is 0.480 e. The van der Waals surface area contributed by atoms with Crippen LogP contribution < -0.4 is 4.74 Å². The van der Waals surface area contributed by atoms with Gasteiger partial charge in [0.2, 0.25) is 0 Å². The first kappa shape index (κ1) is 14.3. The van der Waals surface area contributed by atoms with Gasteiger partial charge in [-0.2, -0.15) is 5.10 Å². The maximum absolute atomic E-state index is 13.0. The van der Waals surface area contributed by atoms with Crippen molar-refractivity contribution in [2.75, 3.05) is 13.1 Å². The maximum Gasteiger partial charge on any atom is 0.264 e. The molecule has 5 nitrogen and oxygen atoms in total. The van der Waals surface area contributed by atoms with Crippen molar-refractivity contribution in [2.45, 2.75) is 37.7 Å². The standard InChI is InChI=1S/C18H21N3O2/c1-12-14-6-2-3-7-16(14)23-17(12)18(22)21-10-4-5-13(11-21)15-8-9-19-20-15/h2-3,6-9,12-13,17H,4-5,10-11H2,1H3,(H,19,20)/t12-,13-,17+/m1/s1. The van der Waals surface area contributed by atoms with Gasteiger partial charge in [0.1, 0.15) is 5.75 Å². The number of rotatable bonds is 2. The highest BCUT2D eigenvalue weighted by molar-refractivity contribution is 5.83. The molecule has 2 aliphatic rings. The third kappa shape index (κ3) is 2.50. The van der Waals surface area contributed by atoms with Gasteiger partial charge in [0.05, 0.1) is 0 Å². The molecular weight excluding hydrogens is 290 g/mol. The highest BCUT2D eigenvalue weighted by Crippen LogP contribution is 2.39. The van der Waals surface area contributed by atoms with Crippen molar-refractivity contribution < 1.29 is 9.53 Å². The van der Waals surface area contributed by atoms with Gasteiger partial charge in [0, 0.05) is 42.4 Å². The number of aromatic amines is 1. The van der Waals surface area contributed by atoms with Crippen molar-refractivity contribution in [1.82, 2.24) is 15.1 Å². The molecule has 1 N–H and O–H groups in total. The fraction of sp³-hybridized carbons (Fsp3) is 0.444. The Morgan fingerprint density at radius 1 is 1.35 bits per heavy atom. The summed E-state index contributed by atoms with van der Waals surface area (Å²) in [5.41, 5.74) is 2.25. The molecule has 1 aromatic heterocycles. The Hall–Kier alpha value is -2.30. The lowest BCUT2D eigenvalue weighted by molar-refractivity contribution is -0.140. The van der Waals surface area contributed by atoms with Crippen LogP contribution in [-0.4, -0.2) is 40.2 Å². The van der Waals surface area contributed by atoms with Crippen LogP contribution in [0.1, 0.15) is 42.9 Å². The molecule has 3 heterocycles. The molecule has 2 aromatic rings. The number of nitrogens with one attached hydrogen (secondary N) is 1. The van der Waals surface area contributed by atoms with E-state index in [9.17, 15) is 4.79 Å². The number of amides is 1. The monoisotopic (exact) mass is 311 g/mol. The summed E-state index contributed by atoms with van der Waals surface area (Å²) in [7, 11) is 0. The predicted molar refractivity (Wildman–Crippen MR) is 86.4 cm³/mol. The molecule has 0 saturated carbocycles. The zero-order chi connectivity index (χ0) is 15.8. The number of ether oxygens (including phenoxy) is 1. The summed E-state index contributed by atoms with van der Waals surface area (Å²) in [4.78, 5) is 14.9. The summed E-state index contributed by atoms with van der Waals surface area (Å²) in [6.07, 6.45) is 3.49. The average Bonchev–Trinajstić information content (AvgIpc) is 3.23. The van der Waals surface area contributed by atoms with Gasteiger partial charge in [-0.15, -0.1) is 0 Å². The second kappa shape index (κ2) is 5.72. The number of para-hydroxylation sites is 1. The van der Waals surface area contributed by atoms with E-state index in [0.29, 0.717) is 5.92 Å². The number of aromatic nitrogens is 2. The van der Waals surface area contributed by atoms with E-state index < -0.39 is 6.10 Å². The van der Waals surface area contributed by atoms with E-state index in [4.69, 9.17) is 4.74 Å². The molecule has 4 rings (SSSR count). The number of carbonyl (C=O) groups is 1. The zero-order valence-electron chi connectivity index (χ0n) is 13.2. The van der Waals surface area contributed by atoms with E-state index in [0.717, 1.165) is 42.9 Å². The van der Waals surface area contributed by atoms with Gasteiger partial charge in [-0.05, 0) is 25.0 Å². The third-order valence-corrected chi connectivity index (χ3v) is 5.06. The Labute approximate surface area is 135 Å². The minimum atomic E-state index is -0.395. The van der Waals surface area contributed by atoms with Crippen LogP contribution in [0.15, 0.2) is 36.5 Å². The number of hydrogen-bond donors (Lipinski definition) is 1. The normalized spacial score (nSPS) is 26.7. The minimum absolute atomic E-state index is 0.103. The number of fused-ring (bicyclic) bond motifs is 1. The molecule has 120 valence electrons. The molecule has 0 radical (unpaired) electrons. The molecule has 1 fully saturated rings. The van der Waals surface area contributed by atoms with Gasteiger partial charge < -0.3 is 9.64 Å². The maximum atomic E-state index is 13.0. The van der Waals surface area contributed by atoms with Gasteiger partial charge in [-0.25, -0.2) is 0 Å². The van der Waals surface area contributed by atoms with Gasteiger partial charge in [0.25, 0.3) is 5.91 Å². The summed E-state index contributed by atoms with van der Waals surface area (Å²) < 4.78 is 5.95.